The molecule has 17 heavy (non-hydrogen) atoms. The second-order valence-corrected chi connectivity index (χ2v) is 4.33. The van der Waals surface area contributed by atoms with Crippen LogP contribution in [0.1, 0.15) is 23.4 Å². The predicted octanol–water partition coefficient (Wildman–Crippen LogP) is 1.95. The van der Waals surface area contributed by atoms with Crippen LogP contribution in [0.5, 0.6) is 0 Å². The molecule has 2 atom stereocenters. The number of halogens is 1. The smallest absolute Gasteiger partial charge is 0.308 e. The highest BCUT2D eigenvalue weighted by molar-refractivity contribution is 5.72. The number of aliphatic carboxylic acids is 1. The highest BCUT2D eigenvalue weighted by Gasteiger charge is 2.33. The molecule has 92 valence electrons. The van der Waals surface area contributed by atoms with Crippen LogP contribution in [0.2, 0.25) is 0 Å². The van der Waals surface area contributed by atoms with Crippen molar-refractivity contribution in [2.45, 2.75) is 12.3 Å². The molecule has 0 saturated carbocycles. The van der Waals surface area contributed by atoms with Crippen LogP contribution in [0, 0.1) is 11.7 Å². The summed E-state index contributed by atoms with van der Waals surface area (Å²) in [4.78, 5) is 13.3. The van der Waals surface area contributed by atoms with Crippen LogP contribution < -0.4 is 0 Å². The van der Waals surface area contributed by atoms with Gasteiger partial charge in [0, 0.05) is 6.54 Å². The number of benzene rings is 1. The van der Waals surface area contributed by atoms with E-state index in [-0.39, 0.29) is 12.1 Å². The normalized spacial score (nSPS) is 29.1. The van der Waals surface area contributed by atoms with Crippen molar-refractivity contribution in [2.75, 3.05) is 20.1 Å². The number of hydrogen-bond acceptors (Lipinski definition) is 2. The first kappa shape index (κ1) is 7.82. The zero-order chi connectivity index (χ0) is 15.9. The summed E-state index contributed by atoms with van der Waals surface area (Å²) in [5.41, 5.74) is 0.00639. The average molecular weight is 241 g/mol. The summed E-state index contributed by atoms with van der Waals surface area (Å²) in [7, 11) is 1.78. The molecule has 1 saturated heterocycles. The molecular formula is C13H16FNO2. The van der Waals surface area contributed by atoms with Gasteiger partial charge in [0.15, 0.2) is 0 Å². The van der Waals surface area contributed by atoms with Gasteiger partial charge in [-0.1, -0.05) is 12.1 Å². The molecule has 1 aliphatic heterocycles. The topological polar surface area (TPSA) is 40.5 Å². The highest BCUT2D eigenvalue weighted by atomic mass is 19.1. The number of piperidine rings is 1. The first-order valence-electron chi connectivity index (χ1n) is 7.42. The Hall–Kier alpha value is -1.42. The van der Waals surface area contributed by atoms with E-state index in [0.717, 1.165) is 0 Å². The number of carboxylic acid groups (broad SMARTS) is 1. The summed E-state index contributed by atoms with van der Waals surface area (Å²) in [5.74, 6) is -3.73. The molecule has 1 fully saturated rings. The number of likely N-dealkylation sites (tertiary alicyclic amines) is 1. The quantitative estimate of drug-likeness (QED) is 0.860. The van der Waals surface area contributed by atoms with Crippen LogP contribution in [-0.4, -0.2) is 36.1 Å². The second kappa shape index (κ2) is 4.84. The Morgan fingerprint density at radius 2 is 2.18 bits per heavy atom. The van der Waals surface area contributed by atoms with Gasteiger partial charge >= 0.3 is 5.97 Å². The Morgan fingerprint density at radius 3 is 2.76 bits per heavy atom. The molecule has 0 aliphatic carbocycles. The van der Waals surface area contributed by atoms with Crippen molar-refractivity contribution in [3.05, 3.63) is 35.6 Å². The molecule has 1 aromatic carbocycles. The van der Waals surface area contributed by atoms with Gasteiger partial charge in [0.1, 0.15) is 5.82 Å². The SMILES string of the molecule is [2H]c1c([2H])c([C@@H]2CCN(C)C[C@@H]2C(=O)O)c([2H])c([2H])c1F. The van der Waals surface area contributed by atoms with Crippen molar-refractivity contribution in [3.63, 3.8) is 0 Å². The number of nitrogens with zero attached hydrogens (tertiary/aromatic N) is 1. The third-order valence-corrected chi connectivity index (χ3v) is 3.12. The maximum absolute atomic E-state index is 13.6. The van der Waals surface area contributed by atoms with Crippen molar-refractivity contribution in [3.8, 4) is 0 Å². The fraction of sp³-hybridized carbons (Fsp3) is 0.462. The second-order valence-electron chi connectivity index (χ2n) is 4.33. The molecule has 2 rings (SSSR count). The van der Waals surface area contributed by atoms with Gasteiger partial charge in [-0.2, -0.15) is 0 Å². The van der Waals surface area contributed by atoms with Crippen molar-refractivity contribution in [2.24, 2.45) is 5.92 Å². The Labute approximate surface area is 105 Å². The number of carbonyl (C=O) groups is 1. The van der Waals surface area contributed by atoms with Gasteiger partial charge in [-0.15, -0.1) is 0 Å². The average Bonchev–Trinajstić information content (AvgIpc) is 2.44. The fourth-order valence-electron chi connectivity index (χ4n) is 2.20. The number of hydrogen-bond donors (Lipinski definition) is 1. The molecule has 0 bridgehead atoms. The lowest BCUT2D eigenvalue weighted by molar-refractivity contribution is -0.144. The minimum absolute atomic E-state index is 0.00639. The van der Waals surface area contributed by atoms with E-state index in [9.17, 15) is 14.3 Å². The molecule has 4 heteroatoms. The Kier molecular flexibility index (Phi) is 2.22. The minimum atomic E-state index is -1.20. The third-order valence-electron chi connectivity index (χ3n) is 3.12. The molecule has 1 aromatic rings. The van der Waals surface area contributed by atoms with Crippen molar-refractivity contribution in [1.29, 1.82) is 0 Å². The van der Waals surface area contributed by atoms with E-state index < -0.39 is 47.8 Å². The van der Waals surface area contributed by atoms with E-state index in [4.69, 9.17) is 5.48 Å². The Balaban J connectivity index is 2.57. The number of rotatable bonds is 2. The molecule has 1 aliphatic rings. The lowest BCUT2D eigenvalue weighted by atomic mass is 9.80. The molecular weight excluding hydrogens is 221 g/mol. The fourth-order valence-corrected chi connectivity index (χ4v) is 2.20. The van der Waals surface area contributed by atoms with Gasteiger partial charge in [-0.3, -0.25) is 4.79 Å². The monoisotopic (exact) mass is 241 g/mol. The van der Waals surface area contributed by atoms with Gasteiger partial charge in [0.05, 0.1) is 11.4 Å². The van der Waals surface area contributed by atoms with Crippen LogP contribution in [0.25, 0.3) is 0 Å². The summed E-state index contributed by atoms with van der Waals surface area (Å²) in [6.45, 7) is 0.849. The van der Waals surface area contributed by atoms with E-state index >= 15 is 0 Å². The lowest BCUT2D eigenvalue weighted by Gasteiger charge is -2.34. The van der Waals surface area contributed by atoms with Gasteiger partial charge in [-0.05, 0) is 43.6 Å². The first-order valence-corrected chi connectivity index (χ1v) is 5.42. The first-order chi connectivity index (χ1) is 9.75. The van der Waals surface area contributed by atoms with Crippen LogP contribution in [0.4, 0.5) is 4.39 Å². The molecule has 0 spiro atoms. The van der Waals surface area contributed by atoms with E-state index in [1.54, 1.807) is 7.05 Å². The van der Waals surface area contributed by atoms with Gasteiger partial charge < -0.3 is 10.0 Å². The summed E-state index contributed by atoms with van der Waals surface area (Å²) >= 11 is 0. The molecule has 3 nitrogen and oxygen atoms in total. The van der Waals surface area contributed by atoms with Crippen LogP contribution in [0.15, 0.2) is 24.2 Å². The predicted molar refractivity (Wildman–Crippen MR) is 62.4 cm³/mol. The van der Waals surface area contributed by atoms with Gasteiger partial charge in [0.2, 0.25) is 0 Å². The third kappa shape index (κ3) is 2.64. The minimum Gasteiger partial charge on any atom is -0.481 e. The molecule has 0 aromatic heterocycles. The summed E-state index contributed by atoms with van der Waals surface area (Å²) < 4.78 is 44.3. The van der Waals surface area contributed by atoms with Crippen molar-refractivity contribution < 1.29 is 19.8 Å². The summed E-state index contributed by atoms with van der Waals surface area (Å²) in [5, 5.41) is 9.35. The summed E-state index contributed by atoms with van der Waals surface area (Å²) in [6, 6.07) is -2.44. The zero-order valence-electron chi connectivity index (χ0n) is 13.5. The highest BCUT2D eigenvalue weighted by Crippen LogP contribution is 2.32. The zero-order valence-corrected chi connectivity index (χ0v) is 9.46. The molecule has 1 heterocycles. The van der Waals surface area contributed by atoms with Gasteiger partial charge in [0.25, 0.3) is 0 Å². The Morgan fingerprint density at radius 1 is 1.53 bits per heavy atom. The van der Waals surface area contributed by atoms with E-state index in [0.29, 0.717) is 13.0 Å². The molecule has 0 unspecified atom stereocenters. The largest absolute Gasteiger partial charge is 0.481 e. The lowest BCUT2D eigenvalue weighted by Crippen LogP contribution is -2.40. The van der Waals surface area contributed by atoms with Crippen LogP contribution in [-0.2, 0) is 4.79 Å². The summed E-state index contributed by atoms with van der Waals surface area (Å²) in [6.07, 6.45) is 0.399. The van der Waals surface area contributed by atoms with Crippen molar-refractivity contribution in [1.82, 2.24) is 4.90 Å². The maximum Gasteiger partial charge on any atom is 0.308 e. The number of carboxylic acids is 1. The van der Waals surface area contributed by atoms with E-state index in [1.807, 2.05) is 4.90 Å². The Bertz CT molecular complexity index is 567. The van der Waals surface area contributed by atoms with E-state index in [2.05, 4.69) is 0 Å². The van der Waals surface area contributed by atoms with Gasteiger partial charge in [-0.25, -0.2) is 4.39 Å². The molecule has 0 radical (unpaired) electrons. The van der Waals surface area contributed by atoms with Crippen molar-refractivity contribution >= 4 is 5.97 Å². The molecule has 0 amide bonds. The van der Waals surface area contributed by atoms with E-state index in [1.165, 1.54) is 0 Å². The van der Waals surface area contributed by atoms with Crippen LogP contribution >= 0.6 is 0 Å². The standard InChI is InChI=1S/C13H16FNO2/c1-15-7-6-11(12(8-15)13(16)17)9-2-4-10(14)5-3-9/h2-5,11-12H,6-8H2,1H3,(H,16,17)/t11-,12-/m0/s1/i2D,3D,4D,5D. The maximum atomic E-state index is 13.6. The van der Waals surface area contributed by atoms with Crippen LogP contribution in [0.3, 0.4) is 0 Å². The molecule has 1 N–H and O–H groups in total.